The summed E-state index contributed by atoms with van der Waals surface area (Å²) in [6, 6.07) is 12.0. The van der Waals surface area contributed by atoms with E-state index in [0.29, 0.717) is 22.9 Å². The molecule has 28 heavy (non-hydrogen) atoms. The van der Waals surface area contributed by atoms with Crippen LogP contribution >= 0.6 is 0 Å². The van der Waals surface area contributed by atoms with E-state index in [1.54, 1.807) is 18.2 Å². The largest absolute Gasteiger partial charge is 0.206 e. The monoisotopic (exact) mass is 381 g/mol. The lowest BCUT2D eigenvalue weighted by atomic mass is 9.96. The van der Waals surface area contributed by atoms with Crippen LogP contribution in [0.15, 0.2) is 42.5 Å². The lowest BCUT2D eigenvalue weighted by Gasteiger charge is -2.10. The average molecular weight is 381 g/mol. The van der Waals surface area contributed by atoms with Crippen LogP contribution in [0.3, 0.4) is 0 Å². The minimum atomic E-state index is -0.620. The molecule has 1 nitrogen and oxygen atoms in total. The highest BCUT2D eigenvalue weighted by molar-refractivity contribution is 5.89. The van der Waals surface area contributed by atoms with Crippen molar-refractivity contribution >= 4 is 10.8 Å². The zero-order chi connectivity index (χ0) is 20.1. The number of unbranched alkanes of at least 4 members (excludes halogenated alkanes) is 4. The molecule has 3 rings (SSSR count). The molecule has 0 amide bonds. The van der Waals surface area contributed by atoms with Gasteiger partial charge in [0.05, 0.1) is 11.1 Å². The summed E-state index contributed by atoms with van der Waals surface area (Å²) in [5.74, 6) is -1.85. The van der Waals surface area contributed by atoms with Gasteiger partial charge in [0.25, 0.3) is 0 Å². The predicted octanol–water partition coefficient (Wildman–Crippen LogP) is 7.31. The molecule has 3 aromatic rings. The number of aryl methyl sites for hydroxylation is 1. The predicted molar refractivity (Wildman–Crippen MR) is 106 cm³/mol. The van der Waals surface area contributed by atoms with Crippen molar-refractivity contribution in [3.63, 3.8) is 0 Å². The highest BCUT2D eigenvalue weighted by Gasteiger charge is 2.15. The van der Waals surface area contributed by atoms with Crippen LogP contribution in [0.5, 0.6) is 0 Å². The zero-order valence-corrected chi connectivity index (χ0v) is 15.9. The quantitative estimate of drug-likeness (QED) is 0.394. The third-order valence-corrected chi connectivity index (χ3v) is 5.03. The molecule has 0 fully saturated rings. The van der Waals surface area contributed by atoms with Crippen LogP contribution in [0.4, 0.5) is 13.2 Å². The van der Waals surface area contributed by atoms with Gasteiger partial charge in [-0.1, -0.05) is 50.8 Å². The van der Waals surface area contributed by atoms with Crippen LogP contribution in [-0.4, -0.2) is 0 Å². The number of rotatable bonds is 7. The van der Waals surface area contributed by atoms with Crippen LogP contribution in [0, 0.1) is 28.8 Å². The first-order valence-electron chi connectivity index (χ1n) is 9.65. The van der Waals surface area contributed by atoms with Crippen molar-refractivity contribution in [2.24, 2.45) is 0 Å². The van der Waals surface area contributed by atoms with Crippen LogP contribution in [0.25, 0.3) is 21.9 Å². The van der Waals surface area contributed by atoms with Crippen molar-refractivity contribution in [2.45, 2.75) is 45.4 Å². The van der Waals surface area contributed by atoms with Crippen molar-refractivity contribution in [3.8, 4) is 17.2 Å². The number of hydrogen-bond donors (Lipinski definition) is 0. The molecule has 0 aliphatic heterocycles. The number of nitriles is 1. The molecular formula is C24H22F3N. The van der Waals surface area contributed by atoms with Gasteiger partial charge in [0.1, 0.15) is 23.5 Å². The Balaban J connectivity index is 1.88. The summed E-state index contributed by atoms with van der Waals surface area (Å²) in [5, 5.41) is 9.67. The second-order valence-electron chi connectivity index (χ2n) is 7.07. The summed E-state index contributed by atoms with van der Waals surface area (Å²) in [6.07, 6.45) is 6.10. The maximum absolute atomic E-state index is 14.7. The first-order chi connectivity index (χ1) is 13.5. The van der Waals surface area contributed by atoms with Gasteiger partial charge in [0.15, 0.2) is 0 Å². The van der Waals surface area contributed by atoms with Gasteiger partial charge in [0, 0.05) is 5.39 Å². The molecule has 0 aliphatic carbocycles. The Bertz CT molecular complexity index is 1010. The van der Waals surface area contributed by atoms with E-state index < -0.39 is 17.5 Å². The Labute approximate surface area is 163 Å². The summed E-state index contributed by atoms with van der Waals surface area (Å²) in [6.45, 7) is 2.15. The fourth-order valence-electron chi connectivity index (χ4n) is 3.51. The molecule has 0 aromatic heterocycles. The third-order valence-electron chi connectivity index (χ3n) is 5.03. The van der Waals surface area contributed by atoms with E-state index in [1.165, 1.54) is 36.8 Å². The highest BCUT2D eigenvalue weighted by atomic mass is 19.1. The van der Waals surface area contributed by atoms with E-state index in [2.05, 4.69) is 6.92 Å². The van der Waals surface area contributed by atoms with Gasteiger partial charge in [-0.05, 0) is 53.6 Å². The number of fused-ring (bicyclic) bond motifs is 1. The van der Waals surface area contributed by atoms with E-state index in [0.717, 1.165) is 25.7 Å². The molecule has 0 radical (unpaired) electrons. The lowest BCUT2D eigenvalue weighted by Crippen LogP contribution is -1.96. The molecule has 0 spiro atoms. The second kappa shape index (κ2) is 8.93. The van der Waals surface area contributed by atoms with Gasteiger partial charge in [-0.3, -0.25) is 0 Å². The van der Waals surface area contributed by atoms with Crippen molar-refractivity contribution in [1.29, 1.82) is 5.26 Å². The molecule has 0 heterocycles. The van der Waals surface area contributed by atoms with Gasteiger partial charge in [-0.2, -0.15) is 5.26 Å². The van der Waals surface area contributed by atoms with E-state index in [9.17, 15) is 13.2 Å². The molecule has 0 unspecified atom stereocenters. The summed E-state index contributed by atoms with van der Waals surface area (Å²) in [5.41, 5.74) is 0.837. The van der Waals surface area contributed by atoms with Gasteiger partial charge in [-0.15, -0.1) is 0 Å². The fraction of sp³-hybridized carbons (Fsp3) is 0.292. The summed E-state index contributed by atoms with van der Waals surface area (Å²) < 4.78 is 43.6. The first kappa shape index (κ1) is 19.9. The second-order valence-corrected chi connectivity index (χ2v) is 7.07. The van der Waals surface area contributed by atoms with E-state index in [4.69, 9.17) is 5.26 Å². The molecule has 0 saturated carbocycles. The molecule has 0 aliphatic rings. The molecule has 0 N–H and O–H groups in total. The average Bonchev–Trinajstić information content (AvgIpc) is 2.67. The number of benzene rings is 3. The van der Waals surface area contributed by atoms with Crippen LogP contribution in [0.1, 0.15) is 50.2 Å². The van der Waals surface area contributed by atoms with E-state index in [1.807, 2.05) is 0 Å². The molecule has 0 atom stereocenters. The van der Waals surface area contributed by atoms with Crippen molar-refractivity contribution < 1.29 is 13.2 Å². The van der Waals surface area contributed by atoms with Crippen LogP contribution in [0.2, 0.25) is 0 Å². The Hall–Kier alpha value is -2.80. The van der Waals surface area contributed by atoms with Gasteiger partial charge in [0.2, 0.25) is 0 Å². The first-order valence-corrected chi connectivity index (χ1v) is 9.65. The number of halogens is 3. The standard InChI is InChI=1S/C24H22F3N/c1-2-3-4-5-6-7-16-12-21(25)23(22(26)13-16)18-10-11-20-17(14-18)8-9-19(15-28)24(20)27/h8-14H,2-7H2,1H3. The Kier molecular flexibility index (Phi) is 6.36. The Morgan fingerprint density at radius 2 is 1.57 bits per heavy atom. The molecular weight excluding hydrogens is 359 g/mol. The molecule has 3 aromatic carbocycles. The summed E-state index contributed by atoms with van der Waals surface area (Å²) >= 11 is 0. The highest BCUT2D eigenvalue weighted by Crippen LogP contribution is 2.31. The fourth-order valence-corrected chi connectivity index (χ4v) is 3.51. The van der Waals surface area contributed by atoms with Gasteiger partial charge < -0.3 is 0 Å². The van der Waals surface area contributed by atoms with Crippen LogP contribution in [-0.2, 0) is 6.42 Å². The SMILES string of the molecule is CCCCCCCc1cc(F)c(-c2ccc3c(F)c(C#N)ccc3c2)c(F)c1. The van der Waals surface area contributed by atoms with E-state index in [-0.39, 0.29) is 16.5 Å². The van der Waals surface area contributed by atoms with Crippen LogP contribution < -0.4 is 0 Å². The molecule has 0 bridgehead atoms. The zero-order valence-electron chi connectivity index (χ0n) is 15.9. The van der Waals surface area contributed by atoms with Crippen molar-refractivity contribution in [2.75, 3.05) is 0 Å². The van der Waals surface area contributed by atoms with E-state index >= 15 is 0 Å². The van der Waals surface area contributed by atoms with Crippen molar-refractivity contribution in [3.05, 3.63) is 71.0 Å². The topological polar surface area (TPSA) is 23.8 Å². The molecule has 144 valence electrons. The smallest absolute Gasteiger partial charge is 0.148 e. The minimum absolute atomic E-state index is 0.0547. The normalized spacial score (nSPS) is 11.0. The number of hydrogen-bond acceptors (Lipinski definition) is 1. The number of nitrogens with zero attached hydrogens (tertiary/aromatic N) is 1. The molecule has 0 saturated heterocycles. The minimum Gasteiger partial charge on any atom is -0.206 e. The maximum atomic E-state index is 14.7. The summed E-state index contributed by atoms with van der Waals surface area (Å²) in [4.78, 5) is 0. The Morgan fingerprint density at radius 3 is 2.25 bits per heavy atom. The lowest BCUT2D eigenvalue weighted by molar-refractivity contribution is 0.581. The van der Waals surface area contributed by atoms with Gasteiger partial charge >= 0.3 is 0 Å². The van der Waals surface area contributed by atoms with Gasteiger partial charge in [-0.25, -0.2) is 13.2 Å². The third kappa shape index (κ3) is 4.20. The summed E-state index contributed by atoms with van der Waals surface area (Å²) in [7, 11) is 0. The Morgan fingerprint density at radius 1 is 0.857 bits per heavy atom. The maximum Gasteiger partial charge on any atom is 0.148 e. The van der Waals surface area contributed by atoms with Crippen molar-refractivity contribution in [1.82, 2.24) is 0 Å². The molecule has 4 heteroatoms.